The van der Waals surface area contributed by atoms with Gasteiger partial charge in [0.25, 0.3) is 0 Å². The smallest absolute Gasteiger partial charge is 0.169 e. The van der Waals surface area contributed by atoms with Crippen molar-refractivity contribution in [2.75, 3.05) is 0 Å². The van der Waals surface area contributed by atoms with Gasteiger partial charge in [-0.15, -0.1) is 0 Å². The van der Waals surface area contributed by atoms with Crippen LogP contribution in [0, 0.1) is 0 Å². The molecule has 4 heteroatoms. The summed E-state index contributed by atoms with van der Waals surface area (Å²) in [5, 5.41) is 0.690. The highest BCUT2D eigenvalue weighted by Gasteiger charge is 2.00. The van der Waals surface area contributed by atoms with Crippen molar-refractivity contribution in [3.63, 3.8) is 0 Å². The van der Waals surface area contributed by atoms with Crippen LogP contribution >= 0.6 is 0 Å². The molecular formula is C8H5N3O. The fourth-order valence-electron chi connectivity index (χ4n) is 1.01. The van der Waals surface area contributed by atoms with E-state index in [1.54, 1.807) is 18.3 Å². The van der Waals surface area contributed by atoms with E-state index in [0.29, 0.717) is 23.0 Å². The summed E-state index contributed by atoms with van der Waals surface area (Å²) in [7, 11) is 0. The fourth-order valence-corrected chi connectivity index (χ4v) is 1.01. The van der Waals surface area contributed by atoms with Crippen LogP contribution in [-0.2, 0) is 0 Å². The van der Waals surface area contributed by atoms with Gasteiger partial charge in [0.05, 0.1) is 0 Å². The lowest BCUT2D eigenvalue weighted by Crippen LogP contribution is -1.92. The normalized spacial score (nSPS) is 10.0. The van der Waals surface area contributed by atoms with E-state index in [1.165, 1.54) is 6.33 Å². The van der Waals surface area contributed by atoms with E-state index in [2.05, 4.69) is 15.0 Å². The minimum atomic E-state index is 0.383. The first kappa shape index (κ1) is 6.84. The summed E-state index contributed by atoms with van der Waals surface area (Å²) in [6.45, 7) is 0. The van der Waals surface area contributed by atoms with Gasteiger partial charge in [-0.25, -0.2) is 15.0 Å². The third-order valence-electron chi connectivity index (χ3n) is 1.55. The van der Waals surface area contributed by atoms with Gasteiger partial charge in [-0.2, -0.15) is 0 Å². The van der Waals surface area contributed by atoms with E-state index in [4.69, 9.17) is 0 Å². The molecule has 2 aromatic heterocycles. The summed E-state index contributed by atoms with van der Waals surface area (Å²) in [6.07, 6.45) is 3.66. The van der Waals surface area contributed by atoms with Crippen molar-refractivity contribution in [2.45, 2.75) is 0 Å². The van der Waals surface area contributed by atoms with Crippen LogP contribution in [-0.4, -0.2) is 21.2 Å². The second-order valence-electron chi connectivity index (χ2n) is 2.25. The zero-order valence-electron chi connectivity index (χ0n) is 6.14. The number of aromatic nitrogens is 3. The summed E-state index contributed by atoms with van der Waals surface area (Å²) < 4.78 is 0. The van der Waals surface area contributed by atoms with E-state index in [9.17, 15) is 4.79 Å². The number of nitrogens with zero attached hydrogens (tertiary/aromatic N) is 3. The van der Waals surface area contributed by atoms with Crippen molar-refractivity contribution in [3.8, 4) is 0 Å². The van der Waals surface area contributed by atoms with Crippen LogP contribution in [0.1, 0.15) is 10.5 Å². The molecule has 4 nitrogen and oxygen atoms in total. The molecule has 0 atom stereocenters. The molecule has 12 heavy (non-hydrogen) atoms. The predicted molar refractivity (Wildman–Crippen MR) is 42.7 cm³/mol. The van der Waals surface area contributed by atoms with Crippen molar-refractivity contribution in [3.05, 3.63) is 30.4 Å². The van der Waals surface area contributed by atoms with Gasteiger partial charge in [-0.05, 0) is 12.1 Å². The molecule has 2 aromatic rings. The van der Waals surface area contributed by atoms with E-state index < -0.39 is 0 Å². The number of hydrogen-bond acceptors (Lipinski definition) is 4. The molecule has 0 aliphatic carbocycles. The van der Waals surface area contributed by atoms with Crippen LogP contribution in [0.5, 0.6) is 0 Å². The van der Waals surface area contributed by atoms with E-state index in [-0.39, 0.29) is 0 Å². The zero-order valence-corrected chi connectivity index (χ0v) is 6.14. The molecule has 0 aromatic carbocycles. The van der Waals surface area contributed by atoms with Crippen molar-refractivity contribution >= 4 is 17.3 Å². The number of pyridine rings is 1. The standard InChI is InChI=1S/C8H5N3O/c12-4-7-6-2-1-3-9-8(6)11-5-10-7/h1-5H. The average Bonchev–Trinajstić information content (AvgIpc) is 2.17. The third-order valence-corrected chi connectivity index (χ3v) is 1.55. The lowest BCUT2D eigenvalue weighted by Gasteiger charge is -1.95. The number of fused-ring (bicyclic) bond motifs is 1. The second-order valence-corrected chi connectivity index (χ2v) is 2.25. The Balaban J connectivity index is 2.88. The quantitative estimate of drug-likeness (QED) is 0.578. The Morgan fingerprint density at radius 3 is 3.00 bits per heavy atom. The lowest BCUT2D eigenvalue weighted by atomic mass is 10.2. The molecule has 0 saturated carbocycles. The van der Waals surface area contributed by atoms with Crippen molar-refractivity contribution in [2.24, 2.45) is 0 Å². The summed E-state index contributed by atoms with van der Waals surface area (Å²) in [5.41, 5.74) is 0.933. The summed E-state index contributed by atoms with van der Waals surface area (Å²) >= 11 is 0. The predicted octanol–water partition coefficient (Wildman–Crippen LogP) is 0.837. The summed E-state index contributed by atoms with van der Waals surface area (Å²) in [5.74, 6) is 0. The number of aldehydes is 1. The first-order chi connectivity index (χ1) is 5.92. The molecule has 0 spiro atoms. The average molecular weight is 159 g/mol. The number of hydrogen-bond donors (Lipinski definition) is 0. The SMILES string of the molecule is O=Cc1ncnc2ncccc12. The molecule has 0 aliphatic rings. The maximum atomic E-state index is 10.5. The summed E-state index contributed by atoms with van der Waals surface area (Å²) in [4.78, 5) is 22.2. The van der Waals surface area contributed by atoms with Crippen LogP contribution in [0.2, 0.25) is 0 Å². The van der Waals surface area contributed by atoms with Crippen molar-refractivity contribution < 1.29 is 4.79 Å². The van der Waals surface area contributed by atoms with E-state index in [0.717, 1.165) is 0 Å². The Morgan fingerprint density at radius 2 is 2.17 bits per heavy atom. The zero-order chi connectivity index (χ0) is 8.39. The highest BCUT2D eigenvalue weighted by molar-refractivity contribution is 5.92. The fraction of sp³-hybridized carbons (Fsp3) is 0. The highest BCUT2D eigenvalue weighted by Crippen LogP contribution is 2.08. The molecule has 0 bridgehead atoms. The first-order valence-corrected chi connectivity index (χ1v) is 3.43. The maximum Gasteiger partial charge on any atom is 0.169 e. The van der Waals surface area contributed by atoms with E-state index in [1.807, 2.05) is 0 Å². The van der Waals surface area contributed by atoms with Crippen LogP contribution in [0.3, 0.4) is 0 Å². The van der Waals surface area contributed by atoms with Crippen LogP contribution in [0.4, 0.5) is 0 Å². The minimum Gasteiger partial charge on any atom is -0.296 e. The van der Waals surface area contributed by atoms with Gasteiger partial charge in [-0.1, -0.05) is 0 Å². The number of carbonyl (C=O) groups excluding carboxylic acids is 1. The topological polar surface area (TPSA) is 55.7 Å². The molecular weight excluding hydrogens is 154 g/mol. The Hall–Kier alpha value is -1.84. The molecule has 2 heterocycles. The number of rotatable bonds is 1. The molecule has 2 rings (SSSR count). The third kappa shape index (κ3) is 0.934. The van der Waals surface area contributed by atoms with Gasteiger partial charge >= 0.3 is 0 Å². The van der Waals surface area contributed by atoms with Gasteiger partial charge in [0, 0.05) is 11.6 Å². The van der Waals surface area contributed by atoms with Gasteiger partial charge in [-0.3, -0.25) is 4.79 Å². The van der Waals surface area contributed by atoms with Crippen LogP contribution < -0.4 is 0 Å². The highest BCUT2D eigenvalue weighted by atomic mass is 16.1. The Labute approximate surface area is 68.3 Å². The van der Waals surface area contributed by atoms with Gasteiger partial charge in [0.15, 0.2) is 11.9 Å². The molecule has 0 aliphatic heterocycles. The van der Waals surface area contributed by atoms with Gasteiger partial charge in [0.2, 0.25) is 0 Å². The van der Waals surface area contributed by atoms with Crippen LogP contribution in [0.25, 0.3) is 11.0 Å². The Bertz CT molecular complexity index is 422. The largest absolute Gasteiger partial charge is 0.296 e. The monoisotopic (exact) mass is 159 g/mol. The van der Waals surface area contributed by atoms with E-state index >= 15 is 0 Å². The summed E-state index contributed by atoms with van der Waals surface area (Å²) in [6, 6.07) is 3.52. The Kier molecular flexibility index (Phi) is 1.51. The molecule has 58 valence electrons. The first-order valence-electron chi connectivity index (χ1n) is 3.43. The van der Waals surface area contributed by atoms with Crippen molar-refractivity contribution in [1.29, 1.82) is 0 Å². The van der Waals surface area contributed by atoms with Gasteiger partial charge < -0.3 is 0 Å². The van der Waals surface area contributed by atoms with Crippen LogP contribution in [0.15, 0.2) is 24.7 Å². The maximum absolute atomic E-state index is 10.5. The molecule has 0 fully saturated rings. The molecule has 0 radical (unpaired) electrons. The molecule has 0 N–H and O–H groups in total. The Morgan fingerprint density at radius 1 is 1.25 bits per heavy atom. The molecule has 0 unspecified atom stereocenters. The van der Waals surface area contributed by atoms with Gasteiger partial charge in [0.1, 0.15) is 12.0 Å². The molecule has 0 amide bonds. The second kappa shape index (κ2) is 2.65. The molecule has 0 saturated heterocycles. The lowest BCUT2D eigenvalue weighted by molar-refractivity contribution is 0.112. The van der Waals surface area contributed by atoms with Crippen molar-refractivity contribution in [1.82, 2.24) is 15.0 Å². The minimum absolute atomic E-state index is 0.383. The number of carbonyl (C=O) groups is 1.